The third-order valence-electron chi connectivity index (χ3n) is 9.53. The third kappa shape index (κ3) is 9.02. The first-order valence-corrected chi connectivity index (χ1v) is 22.9. The normalized spacial score (nSPS) is 12.4. The number of nitrogens with one attached hydrogen (secondary N) is 2. The number of aromatic nitrogens is 3. The Balaban J connectivity index is 1.14. The van der Waals surface area contributed by atoms with Crippen LogP contribution in [0.25, 0.3) is 32.3 Å². The molecule has 0 aliphatic rings. The van der Waals surface area contributed by atoms with Gasteiger partial charge in [-0.3, -0.25) is 13.7 Å². The first-order chi connectivity index (χ1) is 30.8. The summed E-state index contributed by atoms with van der Waals surface area (Å²) in [6, 6.07) is 25.4. The number of methoxy groups -OCH3 is 1. The number of phenols is 2. The van der Waals surface area contributed by atoms with Gasteiger partial charge in [-0.05, 0) is 83.0 Å². The number of aromatic hydroxyl groups is 2. The number of halogens is 1. The second kappa shape index (κ2) is 16.9. The standard InChI is InChI=1S/C40H28ClN9O12S3/c1-62-30-10-3-2-8-26(30)48-49-28-16-15-25-24(35(28)51)14-17-29(37(25)65(59,60)61)43-40-45-38(41)44-39(46-40)42-27-9-4-7-21-19-32(64(56,57)58)34(36(52)33(21)27)50-47-22-12-13-23-20(18-22)6-5-11-31(23)63(53,54)55/h2-19,51-52H,1H3,(H,53,54,55)(H,56,57,58)(H,59,60,61)(H2,42,43,44,45,46)/b49-48+,50-47+. The van der Waals surface area contributed by atoms with Crippen molar-refractivity contribution >= 4 is 120 Å². The summed E-state index contributed by atoms with van der Waals surface area (Å²) in [6.45, 7) is 0. The maximum Gasteiger partial charge on any atom is 0.297 e. The summed E-state index contributed by atoms with van der Waals surface area (Å²) in [5.74, 6) is -1.46. The van der Waals surface area contributed by atoms with E-state index in [9.17, 15) is 49.1 Å². The highest BCUT2D eigenvalue weighted by Gasteiger charge is 2.26. The summed E-state index contributed by atoms with van der Waals surface area (Å²) in [4.78, 5) is 10.5. The van der Waals surface area contributed by atoms with Gasteiger partial charge in [0.05, 0.1) is 24.2 Å². The molecular formula is C40H28ClN9O12S3. The van der Waals surface area contributed by atoms with Gasteiger partial charge in [0.1, 0.15) is 37.5 Å². The summed E-state index contributed by atoms with van der Waals surface area (Å²) in [5.41, 5.74) is -0.518. The molecule has 8 aromatic rings. The monoisotopic (exact) mass is 957 g/mol. The maximum atomic E-state index is 12.9. The van der Waals surface area contributed by atoms with Crippen molar-refractivity contribution in [3.8, 4) is 17.2 Å². The van der Waals surface area contributed by atoms with E-state index in [2.05, 4.69) is 46.0 Å². The molecule has 25 heteroatoms. The number of ether oxygens (including phenoxy) is 1. The fourth-order valence-electron chi connectivity index (χ4n) is 6.76. The minimum absolute atomic E-state index is 0.0194. The second-order valence-electron chi connectivity index (χ2n) is 13.6. The predicted octanol–water partition coefficient (Wildman–Crippen LogP) is 9.46. The van der Waals surface area contributed by atoms with Crippen LogP contribution in [0.15, 0.2) is 144 Å². The Kier molecular flexibility index (Phi) is 11.5. The smallest absolute Gasteiger partial charge is 0.297 e. The summed E-state index contributed by atoms with van der Waals surface area (Å²) in [7, 11) is -13.2. The van der Waals surface area contributed by atoms with Crippen LogP contribution in [-0.2, 0) is 30.4 Å². The molecule has 0 bridgehead atoms. The van der Waals surface area contributed by atoms with E-state index in [1.807, 2.05) is 0 Å². The van der Waals surface area contributed by atoms with Gasteiger partial charge in [-0.2, -0.15) is 45.3 Å². The lowest BCUT2D eigenvalue weighted by atomic mass is 10.1. The number of anilines is 4. The number of rotatable bonds is 12. The highest BCUT2D eigenvalue weighted by molar-refractivity contribution is 7.86. The number of fused-ring (bicyclic) bond motifs is 3. The van der Waals surface area contributed by atoms with Gasteiger partial charge >= 0.3 is 0 Å². The topological polar surface area (TPSA) is 325 Å². The average molecular weight is 958 g/mol. The predicted molar refractivity (Wildman–Crippen MR) is 237 cm³/mol. The van der Waals surface area contributed by atoms with Crippen LogP contribution in [0.3, 0.4) is 0 Å². The van der Waals surface area contributed by atoms with Crippen LogP contribution in [0.2, 0.25) is 5.28 Å². The lowest BCUT2D eigenvalue weighted by Gasteiger charge is -2.15. The molecule has 0 saturated heterocycles. The van der Waals surface area contributed by atoms with Crippen LogP contribution in [-0.4, -0.2) is 71.2 Å². The van der Waals surface area contributed by atoms with E-state index in [1.54, 1.807) is 24.3 Å². The molecule has 330 valence electrons. The molecule has 0 aliphatic heterocycles. The van der Waals surface area contributed by atoms with Gasteiger partial charge in [-0.1, -0.05) is 48.5 Å². The Morgan fingerprint density at radius 3 is 1.92 bits per heavy atom. The highest BCUT2D eigenvalue weighted by Crippen LogP contribution is 2.46. The van der Waals surface area contributed by atoms with Gasteiger partial charge in [-0.15, -0.1) is 15.3 Å². The van der Waals surface area contributed by atoms with E-state index in [0.29, 0.717) is 16.8 Å². The molecule has 7 N–H and O–H groups in total. The molecule has 1 heterocycles. The minimum Gasteiger partial charge on any atom is -0.505 e. The third-order valence-corrected chi connectivity index (χ3v) is 12.4. The van der Waals surface area contributed by atoms with E-state index < -0.39 is 62.6 Å². The number of azo groups is 2. The zero-order chi connectivity index (χ0) is 46.4. The number of benzene rings is 7. The number of nitrogens with zero attached hydrogens (tertiary/aromatic N) is 7. The molecule has 0 amide bonds. The van der Waals surface area contributed by atoms with Gasteiger partial charge in [0.25, 0.3) is 30.4 Å². The molecule has 0 atom stereocenters. The fraction of sp³-hybridized carbons (Fsp3) is 0.0250. The summed E-state index contributed by atoms with van der Waals surface area (Å²) >= 11 is 6.27. The van der Waals surface area contributed by atoms with E-state index in [1.165, 1.54) is 86.0 Å². The van der Waals surface area contributed by atoms with Gasteiger partial charge in [0.2, 0.25) is 17.2 Å². The molecule has 0 spiro atoms. The lowest BCUT2D eigenvalue weighted by molar-refractivity contribution is 0.416. The van der Waals surface area contributed by atoms with Crippen LogP contribution < -0.4 is 15.4 Å². The number of phenolic OH excluding ortho intramolecular Hbond substituents is 2. The van der Waals surface area contributed by atoms with Crippen LogP contribution in [0, 0.1) is 0 Å². The van der Waals surface area contributed by atoms with Crippen molar-refractivity contribution in [2.24, 2.45) is 20.5 Å². The van der Waals surface area contributed by atoms with Crippen molar-refractivity contribution < 1.29 is 53.9 Å². The van der Waals surface area contributed by atoms with Crippen molar-refractivity contribution in [1.82, 2.24) is 15.0 Å². The SMILES string of the molecule is COc1ccccc1/N=N/c1ccc2c(S(=O)(=O)O)c(Nc3nc(Cl)nc(Nc4cccc5cc(S(=O)(=O)O)c(/N=N/c6ccc7c(S(=O)(=O)O)cccc7c6)c(O)c45)n3)ccc2c1O. The fourth-order valence-corrected chi connectivity index (χ4v) is 9.15. The van der Waals surface area contributed by atoms with E-state index in [-0.39, 0.29) is 66.5 Å². The van der Waals surface area contributed by atoms with Gasteiger partial charge in [0, 0.05) is 21.5 Å². The molecule has 1 aromatic heterocycles. The lowest BCUT2D eigenvalue weighted by Crippen LogP contribution is -2.08. The average Bonchev–Trinajstić information content (AvgIpc) is 3.24. The van der Waals surface area contributed by atoms with Crippen LogP contribution >= 0.6 is 11.6 Å². The Morgan fingerprint density at radius 1 is 0.569 bits per heavy atom. The quantitative estimate of drug-likeness (QED) is 0.0442. The molecule has 0 aliphatic carbocycles. The van der Waals surface area contributed by atoms with Gasteiger partial charge in [0.15, 0.2) is 11.5 Å². The zero-order valence-electron chi connectivity index (χ0n) is 32.7. The molecule has 21 nitrogen and oxygen atoms in total. The molecule has 7 aromatic carbocycles. The molecule has 0 saturated carbocycles. The van der Waals surface area contributed by atoms with Crippen LogP contribution in [0.5, 0.6) is 17.2 Å². The Morgan fingerprint density at radius 2 is 1.22 bits per heavy atom. The van der Waals surface area contributed by atoms with Gasteiger partial charge < -0.3 is 25.6 Å². The van der Waals surface area contributed by atoms with Crippen molar-refractivity contribution in [3.63, 3.8) is 0 Å². The van der Waals surface area contributed by atoms with Gasteiger partial charge in [-0.25, -0.2) is 0 Å². The Hall–Kier alpha value is -7.45. The molecule has 0 fully saturated rings. The molecule has 65 heavy (non-hydrogen) atoms. The Labute approximate surface area is 372 Å². The molecular weight excluding hydrogens is 930 g/mol. The number of hydrogen-bond acceptors (Lipinski definition) is 18. The maximum absolute atomic E-state index is 12.9. The highest BCUT2D eigenvalue weighted by atomic mass is 35.5. The van der Waals surface area contributed by atoms with E-state index in [4.69, 9.17) is 16.3 Å². The number of hydrogen-bond donors (Lipinski definition) is 7. The Bertz CT molecular complexity index is 3690. The zero-order valence-corrected chi connectivity index (χ0v) is 35.9. The first kappa shape index (κ1) is 44.2. The van der Waals surface area contributed by atoms with Crippen molar-refractivity contribution in [3.05, 3.63) is 114 Å². The van der Waals surface area contributed by atoms with Crippen molar-refractivity contribution in [1.29, 1.82) is 0 Å². The molecule has 0 unspecified atom stereocenters. The number of para-hydroxylation sites is 1. The van der Waals surface area contributed by atoms with E-state index in [0.717, 1.165) is 6.07 Å². The second-order valence-corrected chi connectivity index (χ2v) is 18.1. The summed E-state index contributed by atoms with van der Waals surface area (Å²) in [6.07, 6.45) is 0. The van der Waals surface area contributed by atoms with Crippen LogP contribution in [0.4, 0.5) is 46.0 Å². The summed E-state index contributed by atoms with van der Waals surface area (Å²) < 4.78 is 110. The molecule has 0 radical (unpaired) electrons. The van der Waals surface area contributed by atoms with Crippen molar-refractivity contribution in [2.75, 3.05) is 17.7 Å². The van der Waals surface area contributed by atoms with E-state index >= 15 is 0 Å². The summed E-state index contributed by atoms with van der Waals surface area (Å²) in [5, 5.41) is 44.3. The first-order valence-electron chi connectivity index (χ1n) is 18.2. The molecule has 8 rings (SSSR count). The largest absolute Gasteiger partial charge is 0.505 e. The van der Waals surface area contributed by atoms with Crippen LogP contribution in [0.1, 0.15) is 0 Å². The van der Waals surface area contributed by atoms with Crippen molar-refractivity contribution in [2.45, 2.75) is 14.7 Å². The minimum atomic E-state index is -5.04.